The number of amides is 1. The summed E-state index contributed by atoms with van der Waals surface area (Å²) in [5, 5.41) is 3.02. The number of nitrogens with one attached hydrogen (secondary N) is 1. The minimum absolute atomic E-state index is 0.215. The molecule has 1 rings (SSSR count). The summed E-state index contributed by atoms with van der Waals surface area (Å²) in [6, 6.07) is 0.429. The van der Waals surface area contributed by atoms with Crippen LogP contribution in [0, 0.1) is 0 Å². The molecule has 0 aromatic carbocycles. The van der Waals surface area contributed by atoms with Gasteiger partial charge in [0.15, 0.2) is 0 Å². The van der Waals surface area contributed by atoms with Gasteiger partial charge in [-0.15, -0.1) is 6.58 Å². The number of carbonyl (C=O) groups excluding carboxylic acids is 1. The Bertz CT molecular complexity index is 191. The molecule has 1 atom stereocenters. The van der Waals surface area contributed by atoms with Gasteiger partial charge in [0.05, 0.1) is 6.54 Å². The average Bonchev–Trinajstić information content (AvgIpc) is 2.52. The third-order valence-corrected chi connectivity index (χ3v) is 2.44. The van der Waals surface area contributed by atoms with E-state index in [2.05, 4.69) is 18.8 Å². The van der Waals surface area contributed by atoms with Crippen molar-refractivity contribution in [1.82, 2.24) is 10.2 Å². The van der Waals surface area contributed by atoms with E-state index in [0.29, 0.717) is 19.1 Å². The van der Waals surface area contributed by atoms with Crippen molar-refractivity contribution in [1.29, 1.82) is 0 Å². The molecule has 1 fully saturated rings. The second-order valence-electron chi connectivity index (χ2n) is 3.50. The molecule has 0 aromatic rings. The topological polar surface area (TPSA) is 32.3 Å². The molecule has 0 aromatic heterocycles. The van der Waals surface area contributed by atoms with Gasteiger partial charge in [-0.25, -0.2) is 0 Å². The first kappa shape index (κ1) is 10.3. The molecule has 1 heterocycles. The first-order valence-electron chi connectivity index (χ1n) is 4.86. The first-order valence-corrected chi connectivity index (χ1v) is 4.86. The molecule has 0 radical (unpaired) electrons. The van der Waals surface area contributed by atoms with Crippen LogP contribution in [-0.2, 0) is 4.79 Å². The van der Waals surface area contributed by atoms with Crippen molar-refractivity contribution in [2.24, 2.45) is 0 Å². The Hall–Kier alpha value is -0.830. The zero-order valence-corrected chi connectivity index (χ0v) is 8.25. The van der Waals surface area contributed by atoms with Crippen molar-refractivity contribution in [3.8, 4) is 0 Å². The zero-order chi connectivity index (χ0) is 9.68. The van der Waals surface area contributed by atoms with Crippen LogP contribution >= 0.6 is 0 Å². The Morgan fingerprint density at radius 3 is 3.08 bits per heavy atom. The maximum atomic E-state index is 11.6. The summed E-state index contributed by atoms with van der Waals surface area (Å²) in [6.07, 6.45) is 4.06. The minimum atomic E-state index is 0.215. The molecular weight excluding hydrogens is 164 g/mol. The maximum Gasteiger partial charge on any atom is 0.236 e. The van der Waals surface area contributed by atoms with Crippen molar-refractivity contribution in [2.75, 3.05) is 19.6 Å². The molecule has 1 saturated heterocycles. The fourth-order valence-electron chi connectivity index (χ4n) is 1.69. The number of nitrogens with zero attached hydrogens (tertiary/aromatic N) is 1. The molecule has 0 saturated carbocycles. The molecule has 3 nitrogen and oxygen atoms in total. The van der Waals surface area contributed by atoms with Gasteiger partial charge >= 0.3 is 0 Å². The fraction of sp³-hybridized carbons (Fsp3) is 0.700. The number of hydrogen-bond donors (Lipinski definition) is 1. The second-order valence-corrected chi connectivity index (χ2v) is 3.50. The van der Waals surface area contributed by atoms with Gasteiger partial charge in [-0.2, -0.15) is 0 Å². The summed E-state index contributed by atoms with van der Waals surface area (Å²) in [6.45, 7) is 7.76. The molecule has 1 N–H and O–H groups in total. The van der Waals surface area contributed by atoms with Crippen LogP contribution in [0.2, 0.25) is 0 Å². The van der Waals surface area contributed by atoms with E-state index < -0.39 is 0 Å². The third kappa shape index (κ3) is 2.84. The van der Waals surface area contributed by atoms with E-state index >= 15 is 0 Å². The van der Waals surface area contributed by atoms with E-state index in [1.54, 1.807) is 6.08 Å². The van der Waals surface area contributed by atoms with Crippen LogP contribution < -0.4 is 5.32 Å². The van der Waals surface area contributed by atoms with Crippen LogP contribution in [0.25, 0.3) is 0 Å². The van der Waals surface area contributed by atoms with Crippen LogP contribution in [0.4, 0.5) is 0 Å². The highest BCUT2D eigenvalue weighted by molar-refractivity contribution is 5.78. The summed E-state index contributed by atoms with van der Waals surface area (Å²) in [5.41, 5.74) is 0. The van der Waals surface area contributed by atoms with Gasteiger partial charge in [0.25, 0.3) is 0 Å². The summed E-state index contributed by atoms with van der Waals surface area (Å²) in [4.78, 5) is 13.5. The Morgan fingerprint density at radius 2 is 2.54 bits per heavy atom. The predicted molar refractivity (Wildman–Crippen MR) is 53.5 cm³/mol. The van der Waals surface area contributed by atoms with Gasteiger partial charge in [-0.1, -0.05) is 6.08 Å². The monoisotopic (exact) mass is 182 g/mol. The number of likely N-dealkylation sites (tertiary alicyclic amines) is 1. The van der Waals surface area contributed by atoms with Crippen LogP contribution in [0.1, 0.15) is 19.8 Å². The van der Waals surface area contributed by atoms with E-state index in [9.17, 15) is 4.79 Å². The molecule has 0 aliphatic carbocycles. The lowest BCUT2D eigenvalue weighted by atomic mass is 10.2. The number of hydrogen-bond acceptors (Lipinski definition) is 2. The van der Waals surface area contributed by atoms with Crippen LogP contribution in [0.5, 0.6) is 0 Å². The fourth-order valence-corrected chi connectivity index (χ4v) is 1.69. The lowest BCUT2D eigenvalue weighted by Gasteiger charge is -2.21. The predicted octanol–water partition coefficient (Wildman–Crippen LogP) is 0.773. The number of carbonyl (C=O) groups is 1. The lowest BCUT2D eigenvalue weighted by molar-refractivity contribution is -0.130. The Balaban J connectivity index is 2.26. The summed E-state index contributed by atoms with van der Waals surface area (Å²) in [5.74, 6) is 0.215. The second kappa shape index (κ2) is 5.02. The Morgan fingerprint density at radius 1 is 1.77 bits per heavy atom. The number of rotatable bonds is 4. The molecule has 1 aliphatic rings. The van der Waals surface area contributed by atoms with Gasteiger partial charge in [-0.3, -0.25) is 4.79 Å². The zero-order valence-electron chi connectivity index (χ0n) is 8.25. The smallest absolute Gasteiger partial charge is 0.236 e. The third-order valence-electron chi connectivity index (χ3n) is 2.44. The van der Waals surface area contributed by atoms with Crippen molar-refractivity contribution in [3.05, 3.63) is 12.7 Å². The largest absolute Gasteiger partial charge is 0.339 e. The molecule has 1 unspecified atom stereocenters. The molecule has 74 valence electrons. The summed E-state index contributed by atoms with van der Waals surface area (Å²) < 4.78 is 0. The van der Waals surface area contributed by atoms with Crippen LogP contribution in [0.15, 0.2) is 12.7 Å². The van der Waals surface area contributed by atoms with Gasteiger partial charge in [0, 0.05) is 19.1 Å². The molecule has 1 amide bonds. The summed E-state index contributed by atoms with van der Waals surface area (Å²) >= 11 is 0. The quantitative estimate of drug-likeness (QED) is 0.514. The molecule has 13 heavy (non-hydrogen) atoms. The van der Waals surface area contributed by atoms with Crippen molar-refractivity contribution < 1.29 is 4.79 Å². The van der Waals surface area contributed by atoms with Gasteiger partial charge in [0.1, 0.15) is 0 Å². The highest BCUT2D eigenvalue weighted by atomic mass is 16.2. The van der Waals surface area contributed by atoms with Crippen molar-refractivity contribution in [3.63, 3.8) is 0 Å². The SMILES string of the molecule is C=CCNCC(=O)N1CCCC1C. The summed E-state index contributed by atoms with van der Waals surface area (Å²) in [7, 11) is 0. The standard InChI is InChI=1S/C10H18N2O/c1-3-6-11-8-10(13)12-7-4-5-9(12)2/h3,9,11H,1,4-8H2,2H3. The van der Waals surface area contributed by atoms with E-state index in [4.69, 9.17) is 0 Å². The lowest BCUT2D eigenvalue weighted by Crippen LogP contribution is -2.39. The van der Waals surface area contributed by atoms with Gasteiger partial charge in [-0.05, 0) is 19.8 Å². The van der Waals surface area contributed by atoms with E-state index in [1.807, 2.05) is 4.90 Å². The molecule has 0 spiro atoms. The van der Waals surface area contributed by atoms with Gasteiger partial charge < -0.3 is 10.2 Å². The highest BCUT2D eigenvalue weighted by Gasteiger charge is 2.23. The highest BCUT2D eigenvalue weighted by Crippen LogP contribution is 2.15. The Kier molecular flexibility index (Phi) is 3.96. The molecule has 3 heteroatoms. The minimum Gasteiger partial charge on any atom is -0.339 e. The molecule has 1 aliphatic heterocycles. The first-order chi connectivity index (χ1) is 6.25. The van der Waals surface area contributed by atoms with Crippen LogP contribution in [0.3, 0.4) is 0 Å². The average molecular weight is 182 g/mol. The normalized spacial score (nSPS) is 21.9. The van der Waals surface area contributed by atoms with Crippen molar-refractivity contribution >= 4 is 5.91 Å². The van der Waals surface area contributed by atoms with Crippen molar-refractivity contribution in [2.45, 2.75) is 25.8 Å². The van der Waals surface area contributed by atoms with E-state index in [-0.39, 0.29) is 5.91 Å². The Labute approximate surface area is 79.8 Å². The van der Waals surface area contributed by atoms with Gasteiger partial charge in [0.2, 0.25) is 5.91 Å². The van der Waals surface area contributed by atoms with E-state index in [1.165, 1.54) is 0 Å². The maximum absolute atomic E-state index is 11.6. The molecule has 0 bridgehead atoms. The molecular formula is C10H18N2O. The van der Waals surface area contributed by atoms with E-state index in [0.717, 1.165) is 19.4 Å². The van der Waals surface area contributed by atoms with Crippen LogP contribution in [-0.4, -0.2) is 36.5 Å².